The molecule has 0 aromatic carbocycles. The van der Waals surface area contributed by atoms with Crippen molar-refractivity contribution < 1.29 is 37.5 Å². The molecular weight excluding hydrogens is 189 g/mol. The van der Waals surface area contributed by atoms with Crippen molar-refractivity contribution in [3.05, 3.63) is 6.42 Å². The Morgan fingerprint density at radius 2 is 2.11 bits per heavy atom. The molecule has 0 aromatic rings. The summed E-state index contributed by atoms with van der Waals surface area (Å²) >= 11 is 0. The Morgan fingerprint density at radius 1 is 1.67 bits per heavy atom. The number of hydrogen-bond donors (Lipinski definition) is 0. The first-order chi connectivity index (χ1) is 3.70. The molecule has 49 valence electrons. The third kappa shape index (κ3) is 3.47. The molecule has 2 atom stereocenters. The third-order valence-electron chi connectivity index (χ3n) is 1.61. The molecule has 2 heteroatoms. The van der Waals surface area contributed by atoms with Crippen LogP contribution in [0.2, 0.25) is 0 Å². The molecule has 0 heterocycles. The van der Waals surface area contributed by atoms with E-state index in [2.05, 4.69) is 13.3 Å². The van der Waals surface area contributed by atoms with Gasteiger partial charge in [-0.25, -0.2) is 0 Å². The number of hydrogen-bond acceptors (Lipinski definition) is 1. The zero-order valence-electron chi connectivity index (χ0n) is 5.92. The maximum Gasteiger partial charge on any atom is 0.127 e. The Labute approximate surface area is 81.5 Å². The van der Waals surface area contributed by atoms with Crippen LogP contribution >= 0.6 is 0 Å². The van der Waals surface area contributed by atoms with Gasteiger partial charge in [0.1, 0.15) is 5.78 Å². The smallest absolute Gasteiger partial charge is 0.127 e. The minimum Gasteiger partial charge on any atom is -0.327 e. The van der Waals surface area contributed by atoms with Crippen molar-refractivity contribution in [2.45, 2.75) is 20.3 Å². The zero-order valence-corrected chi connectivity index (χ0v) is 8.76. The summed E-state index contributed by atoms with van der Waals surface area (Å²) in [6.07, 6.45) is 2.97. The Bertz CT molecular complexity index is 111. The van der Waals surface area contributed by atoms with Crippen LogP contribution in [0.5, 0.6) is 0 Å². The maximum atomic E-state index is 10.4. The van der Waals surface area contributed by atoms with Crippen LogP contribution in [0, 0.1) is 18.3 Å². The fraction of sp³-hybridized carbons (Fsp3) is 0.714. The fourth-order valence-electron chi connectivity index (χ4n) is 0.912. The number of Topliss-reactive ketones (excluding diaryl/α,β-unsaturated/α-hetero) is 1. The minimum absolute atomic E-state index is 0. The van der Waals surface area contributed by atoms with E-state index in [-0.39, 0.29) is 32.7 Å². The number of carbonyl (C=O) groups excluding carboxylic acids is 1. The van der Waals surface area contributed by atoms with Crippen molar-refractivity contribution in [3.8, 4) is 0 Å². The van der Waals surface area contributed by atoms with E-state index in [1.165, 1.54) is 0 Å². The van der Waals surface area contributed by atoms with Gasteiger partial charge in [-0.05, 0) is 13.3 Å². The molecule has 1 radical (unpaired) electrons. The molecule has 1 saturated carbocycles. The van der Waals surface area contributed by atoms with Crippen LogP contribution in [0.15, 0.2) is 0 Å². The molecule has 0 N–H and O–H groups in total. The van der Waals surface area contributed by atoms with Gasteiger partial charge in [0.25, 0.3) is 0 Å². The summed E-state index contributed by atoms with van der Waals surface area (Å²) < 4.78 is 0. The van der Waals surface area contributed by atoms with Crippen LogP contribution in [-0.2, 0) is 37.5 Å². The Hall–Kier alpha value is 0.774. The van der Waals surface area contributed by atoms with Gasteiger partial charge in [-0.1, -0.05) is 6.92 Å². The van der Waals surface area contributed by atoms with Gasteiger partial charge in [0, 0.05) is 32.7 Å². The Balaban J connectivity index is 0.000000640. The van der Waals surface area contributed by atoms with Crippen LogP contribution in [0.3, 0.4) is 0 Å². The van der Waals surface area contributed by atoms with Crippen LogP contribution in [-0.4, -0.2) is 5.78 Å². The summed E-state index contributed by atoms with van der Waals surface area (Å²) in [6, 6.07) is 0. The van der Waals surface area contributed by atoms with Gasteiger partial charge in [0.05, 0.1) is 0 Å². The summed E-state index contributed by atoms with van der Waals surface area (Å²) in [5, 5.41) is 0. The van der Waals surface area contributed by atoms with Crippen molar-refractivity contribution in [2.75, 3.05) is 0 Å². The van der Waals surface area contributed by atoms with Gasteiger partial charge in [-0.15, -0.1) is 0 Å². The quantitative estimate of drug-likeness (QED) is 0.616. The summed E-state index contributed by atoms with van der Waals surface area (Å²) in [7, 11) is 0. The number of rotatable bonds is 2. The molecule has 1 rings (SSSR count). The topological polar surface area (TPSA) is 17.1 Å². The first-order valence-electron chi connectivity index (χ1n) is 3.04. The predicted molar refractivity (Wildman–Crippen MR) is 32.3 cm³/mol. The molecule has 0 spiro atoms. The summed E-state index contributed by atoms with van der Waals surface area (Å²) in [4.78, 5) is 10.4. The summed E-state index contributed by atoms with van der Waals surface area (Å²) in [5.74, 6) is 1.64. The fourth-order valence-corrected chi connectivity index (χ4v) is 0.912. The van der Waals surface area contributed by atoms with Gasteiger partial charge in [-0.2, -0.15) is 11.8 Å². The van der Waals surface area contributed by atoms with Crippen LogP contribution in [0.25, 0.3) is 0 Å². The molecule has 1 fully saturated rings. The summed E-state index contributed by atoms with van der Waals surface area (Å²) in [5.41, 5.74) is 0. The minimum atomic E-state index is 0. The SMILES string of the molecule is CC(=O)C[C@H]1[CH-][C@H]1C.[Y]. The second kappa shape index (κ2) is 3.82. The third-order valence-corrected chi connectivity index (χ3v) is 1.61. The zero-order chi connectivity index (χ0) is 6.15. The molecule has 0 saturated heterocycles. The second-order valence-corrected chi connectivity index (χ2v) is 2.62. The predicted octanol–water partition coefficient (Wildman–Crippen LogP) is 1.43. The van der Waals surface area contributed by atoms with Crippen molar-refractivity contribution in [1.82, 2.24) is 0 Å². The molecule has 0 bridgehead atoms. The van der Waals surface area contributed by atoms with E-state index in [4.69, 9.17) is 0 Å². The van der Waals surface area contributed by atoms with Gasteiger partial charge in [0.2, 0.25) is 0 Å². The van der Waals surface area contributed by atoms with Gasteiger partial charge in [-0.3, -0.25) is 0 Å². The van der Waals surface area contributed by atoms with E-state index < -0.39 is 0 Å². The second-order valence-electron chi connectivity index (χ2n) is 2.62. The van der Waals surface area contributed by atoms with Gasteiger partial charge in [0.15, 0.2) is 0 Å². The monoisotopic (exact) mass is 200 g/mol. The molecule has 0 aromatic heterocycles. The van der Waals surface area contributed by atoms with E-state index in [0.29, 0.717) is 17.6 Å². The maximum absolute atomic E-state index is 10.4. The standard InChI is InChI=1S/C7H11O.Y/c1-5-3-7(5)4-6(2)8;/h3,5,7H,4H2,1-2H3;/q-1;/t5-,7-;/m1./s1. The van der Waals surface area contributed by atoms with Crippen LogP contribution in [0.4, 0.5) is 0 Å². The van der Waals surface area contributed by atoms with Gasteiger partial charge < -0.3 is 11.2 Å². The average Bonchev–Trinajstić information content (AvgIpc) is 2.17. The molecular formula is C7H11OY-. The Morgan fingerprint density at radius 3 is 2.22 bits per heavy atom. The van der Waals surface area contributed by atoms with Gasteiger partial charge >= 0.3 is 0 Å². The summed E-state index contributed by atoms with van der Waals surface area (Å²) in [6.45, 7) is 3.80. The first kappa shape index (κ1) is 9.77. The molecule has 0 unspecified atom stereocenters. The number of carbonyl (C=O) groups is 1. The molecule has 1 aliphatic rings. The van der Waals surface area contributed by atoms with Crippen molar-refractivity contribution in [3.63, 3.8) is 0 Å². The number of ketones is 1. The van der Waals surface area contributed by atoms with E-state index in [0.717, 1.165) is 6.42 Å². The molecule has 9 heavy (non-hydrogen) atoms. The molecule has 0 amide bonds. The molecule has 1 aliphatic carbocycles. The van der Waals surface area contributed by atoms with E-state index in [1.54, 1.807) is 6.92 Å². The van der Waals surface area contributed by atoms with Crippen molar-refractivity contribution in [2.24, 2.45) is 11.8 Å². The first-order valence-corrected chi connectivity index (χ1v) is 3.04. The normalized spacial score (nSPS) is 30.9. The Kier molecular flexibility index (Phi) is 4.15. The van der Waals surface area contributed by atoms with Crippen molar-refractivity contribution >= 4 is 5.78 Å². The van der Waals surface area contributed by atoms with Crippen LogP contribution < -0.4 is 0 Å². The van der Waals surface area contributed by atoms with Crippen LogP contribution in [0.1, 0.15) is 20.3 Å². The molecule has 0 aliphatic heterocycles. The van der Waals surface area contributed by atoms with E-state index >= 15 is 0 Å². The molecule has 1 nitrogen and oxygen atoms in total. The van der Waals surface area contributed by atoms with E-state index in [9.17, 15) is 4.79 Å². The van der Waals surface area contributed by atoms with Crippen molar-refractivity contribution in [1.29, 1.82) is 0 Å². The average molecular weight is 200 g/mol. The largest absolute Gasteiger partial charge is 0.327 e. The van der Waals surface area contributed by atoms with E-state index in [1.807, 2.05) is 0 Å².